The SMILES string of the molecule is NC(=O)c1ccccc1NC(=O)COC(=O)CCN1C(=O)[C@@H]2CC=CC[C@H]2C1=O. The monoisotopic (exact) mass is 399 g/mol. The van der Waals surface area contributed by atoms with Crippen LogP contribution in [0.5, 0.6) is 0 Å². The van der Waals surface area contributed by atoms with Crippen molar-refractivity contribution in [2.45, 2.75) is 19.3 Å². The fourth-order valence-electron chi connectivity index (χ4n) is 3.50. The number of nitrogens with two attached hydrogens (primary N) is 1. The molecule has 29 heavy (non-hydrogen) atoms. The maximum absolute atomic E-state index is 12.3. The van der Waals surface area contributed by atoms with Gasteiger partial charge in [0.15, 0.2) is 6.61 Å². The molecule has 0 bridgehead atoms. The molecule has 1 aliphatic heterocycles. The number of fused-ring (bicyclic) bond motifs is 1. The number of allylic oxidation sites excluding steroid dienone is 2. The van der Waals surface area contributed by atoms with Crippen LogP contribution >= 0.6 is 0 Å². The molecule has 9 heteroatoms. The molecule has 1 aliphatic carbocycles. The summed E-state index contributed by atoms with van der Waals surface area (Å²) < 4.78 is 4.90. The van der Waals surface area contributed by atoms with E-state index in [0.29, 0.717) is 12.8 Å². The van der Waals surface area contributed by atoms with Crippen molar-refractivity contribution in [1.82, 2.24) is 4.90 Å². The number of hydrogen-bond donors (Lipinski definition) is 2. The predicted octanol–water partition coefficient (Wildman–Crippen LogP) is 0.608. The zero-order valence-corrected chi connectivity index (χ0v) is 15.6. The highest BCUT2D eigenvalue weighted by molar-refractivity contribution is 6.06. The molecule has 0 unspecified atom stereocenters. The number of primary amides is 1. The number of likely N-dealkylation sites (tertiary alicyclic amines) is 1. The van der Waals surface area contributed by atoms with Crippen molar-refractivity contribution in [3.63, 3.8) is 0 Å². The van der Waals surface area contributed by atoms with Gasteiger partial charge in [0.1, 0.15) is 0 Å². The van der Waals surface area contributed by atoms with Gasteiger partial charge in [-0.3, -0.25) is 28.9 Å². The molecule has 1 saturated heterocycles. The van der Waals surface area contributed by atoms with Crippen LogP contribution in [0.2, 0.25) is 0 Å². The molecule has 1 fully saturated rings. The van der Waals surface area contributed by atoms with E-state index in [2.05, 4.69) is 5.32 Å². The molecule has 4 amide bonds. The Morgan fingerprint density at radius 1 is 1.07 bits per heavy atom. The van der Waals surface area contributed by atoms with Crippen LogP contribution < -0.4 is 11.1 Å². The quantitative estimate of drug-likeness (QED) is 0.392. The number of amides is 4. The van der Waals surface area contributed by atoms with Gasteiger partial charge in [0.05, 0.1) is 29.5 Å². The molecule has 0 aromatic heterocycles. The summed E-state index contributed by atoms with van der Waals surface area (Å²) in [4.78, 5) is 61.0. The first-order valence-electron chi connectivity index (χ1n) is 9.23. The molecule has 1 heterocycles. The summed E-state index contributed by atoms with van der Waals surface area (Å²) in [7, 11) is 0. The largest absolute Gasteiger partial charge is 0.456 e. The zero-order chi connectivity index (χ0) is 21.0. The topological polar surface area (TPSA) is 136 Å². The Morgan fingerprint density at radius 3 is 2.31 bits per heavy atom. The van der Waals surface area contributed by atoms with Crippen molar-refractivity contribution < 1.29 is 28.7 Å². The summed E-state index contributed by atoms with van der Waals surface area (Å²) in [6, 6.07) is 6.17. The molecule has 0 saturated carbocycles. The molecule has 0 spiro atoms. The molecule has 1 aromatic rings. The molecular formula is C20H21N3O6. The minimum atomic E-state index is -0.711. The van der Waals surface area contributed by atoms with Crippen molar-refractivity contribution in [3.05, 3.63) is 42.0 Å². The molecule has 2 aliphatic rings. The van der Waals surface area contributed by atoms with Crippen LogP contribution in [0.1, 0.15) is 29.6 Å². The summed E-state index contributed by atoms with van der Waals surface area (Å²) in [6.45, 7) is -0.640. The van der Waals surface area contributed by atoms with Gasteiger partial charge in [-0.25, -0.2) is 0 Å². The van der Waals surface area contributed by atoms with Crippen LogP contribution in [0, 0.1) is 11.8 Å². The summed E-state index contributed by atoms with van der Waals surface area (Å²) in [5.41, 5.74) is 5.59. The van der Waals surface area contributed by atoms with Crippen LogP contribution in [0.25, 0.3) is 0 Å². The number of rotatable bonds is 7. The first kappa shape index (κ1) is 20.2. The number of para-hydroxylation sites is 1. The highest BCUT2D eigenvalue weighted by Gasteiger charge is 2.46. The Balaban J connectivity index is 1.46. The highest BCUT2D eigenvalue weighted by Crippen LogP contribution is 2.34. The van der Waals surface area contributed by atoms with E-state index >= 15 is 0 Å². The summed E-state index contributed by atoms with van der Waals surface area (Å²) in [6.07, 6.45) is 4.64. The second kappa shape index (κ2) is 8.68. The Bertz CT molecular complexity index is 868. The Hall–Kier alpha value is -3.49. The second-order valence-corrected chi connectivity index (χ2v) is 6.85. The molecule has 0 radical (unpaired) electrons. The van der Waals surface area contributed by atoms with Gasteiger partial charge in [0, 0.05) is 6.54 Å². The lowest BCUT2D eigenvalue weighted by Crippen LogP contribution is -2.33. The van der Waals surface area contributed by atoms with Crippen LogP contribution in [-0.2, 0) is 23.9 Å². The van der Waals surface area contributed by atoms with E-state index in [1.807, 2.05) is 12.2 Å². The number of benzene rings is 1. The number of ether oxygens (including phenoxy) is 1. The number of carbonyl (C=O) groups excluding carboxylic acids is 5. The summed E-state index contributed by atoms with van der Waals surface area (Å²) in [5, 5.41) is 2.45. The molecule has 9 nitrogen and oxygen atoms in total. The molecule has 2 atom stereocenters. The summed E-state index contributed by atoms with van der Waals surface area (Å²) >= 11 is 0. The van der Waals surface area contributed by atoms with Crippen molar-refractivity contribution in [2.75, 3.05) is 18.5 Å². The third-order valence-electron chi connectivity index (χ3n) is 4.97. The van der Waals surface area contributed by atoms with E-state index in [0.717, 1.165) is 4.90 Å². The smallest absolute Gasteiger partial charge is 0.308 e. The van der Waals surface area contributed by atoms with E-state index in [9.17, 15) is 24.0 Å². The predicted molar refractivity (Wildman–Crippen MR) is 101 cm³/mol. The number of anilines is 1. The van der Waals surface area contributed by atoms with Gasteiger partial charge in [0.25, 0.3) is 11.8 Å². The Morgan fingerprint density at radius 2 is 1.69 bits per heavy atom. The zero-order valence-electron chi connectivity index (χ0n) is 15.6. The normalized spacial score (nSPS) is 20.3. The number of hydrogen-bond acceptors (Lipinski definition) is 6. The van der Waals surface area contributed by atoms with Gasteiger partial charge < -0.3 is 15.8 Å². The van der Waals surface area contributed by atoms with E-state index in [1.54, 1.807) is 12.1 Å². The van der Waals surface area contributed by atoms with Crippen LogP contribution in [0.15, 0.2) is 36.4 Å². The molecule has 152 valence electrons. The molecule has 3 rings (SSSR count). The number of nitrogens with one attached hydrogen (secondary N) is 1. The van der Waals surface area contributed by atoms with E-state index in [1.165, 1.54) is 12.1 Å². The second-order valence-electron chi connectivity index (χ2n) is 6.85. The number of esters is 1. The van der Waals surface area contributed by atoms with Crippen molar-refractivity contribution in [1.29, 1.82) is 0 Å². The third kappa shape index (κ3) is 4.50. The van der Waals surface area contributed by atoms with Gasteiger partial charge in [-0.2, -0.15) is 0 Å². The van der Waals surface area contributed by atoms with E-state index in [4.69, 9.17) is 10.5 Å². The average molecular weight is 399 g/mol. The maximum atomic E-state index is 12.3. The lowest BCUT2D eigenvalue weighted by atomic mass is 9.85. The third-order valence-corrected chi connectivity index (χ3v) is 4.97. The standard InChI is InChI=1S/C20H21N3O6/c21-18(26)14-7-3-4-8-15(14)22-16(24)11-29-17(25)9-10-23-19(27)12-5-1-2-6-13(12)20(23)28/h1-4,7-8,12-13H,5-6,9-11H2,(H2,21,26)(H,22,24)/t12-,13-/m1/s1. The lowest BCUT2D eigenvalue weighted by Gasteiger charge is -2.14. The van der Waals surface area contributed by atoms with E-state index < -0.39 is 24.4 Å². The minimum absolute atomic E-state index is 0.0738. The fourth-order valence-corrected chi connectivity index (χ4v) is 3.50. The van der Waals surface area contributed by atoms with Crippen molar-refractivity contribution in [2.24, 2.45) is 17.6 Å². The highest BCUT2D eigenvalue weighted by atomic mass is 16.5. The van der Waals surface area contributed by atoms with Crippen molar-refractivity contribution >= 4 is 35.3 Å². The van der Waals surface area contributed by atoms with Crippen LogP contribution in [0.4, 0.5) is 5.69 Å². The van der Waals surface area contributed by atoms with Crippen LogP contribution in [-0.4, -0.2) is 47.6 Å². The van der Waals surface area contributed by atoms with Crippen molar-refractivity contribution in [3.8, 4) is 0 Å². The molecule has 3 N–H and O–H groups in total. The van der Waals surface area contributed by atoms with Gasteiger partial charge in [-0.05, 0) is 25.0 Å². The first-order valence-corrected chi connectivity index (χ1v) is 9.23. The van der Waals surface area contributed by atoms with Gasteiger partial charge in [-0.1, -0.05) is 24.3 Å². The van der Waals surface area contributed by atoms with Crippen LogP contribution in [0.3, 0.4) is 0 Å². The summed E-state index contributed by atoms with van der Waals surface area (Å²) in [5.74, 6) is -3.28. The maximum Gasteiger partial charge on any atom is 0.308 e. The van der Waals surface area contributed by atoms with Gasteiger partial charge >= 0.3 is 5.97 Å². The first-order chi connectivity index (χ1) is 13.9. The molecular weight excluding hydrogens is 378 g/mol. The minimum Gasteiger partial charge on any atom is -0.456 e. The number of carbonyl (C=O) groups is 5. The van der Waals surface area contributed by atoms with Gasteiger partial charge in [-0.15, -0.1) is 0 Å². The molecule has 1 aromatic carbocycles. The lowest BCUT2D eigenvalue weighted by molar-refractivity contribution is -0.148. The van der Waals surface area contributed by atoms with E-state index in [-0.39, 0.29) is 47.9 Å². The number of imide groups is 1. The Labute approximate surface area is 166 Å². The van der Waals surface area contributed by atoms with Gasteiger partial charge in [0.2, 0.25) is 11.8 Å². The average Bonchev–Trinajstić information content (AvgIpc) is 2.95. The fraction of sp³-hybridized carbons (Fsp3) is 0.350. The number of nitrogens with zero attached hydrogens (tertiary/aromatic N) is 1. The Kier molecular flexibility index (Phi) is 6.06.